The van der Waals surface area contributed by atoms with Crippen molar-refractivity contribution >= 4 is 35.0 Å². The minimum absolute atomic E-state index is 0.0204. The molecule has 1 atom stereocenters. The van der Waals surface area contributed by atoms with Crippen LogP contribution in [0.5, 0.6) is 11.5 Å². The molecule has 2 amide bonds. The minimum atomic E-state index is -0.443. The van der Waals surface area contributed by atoms with E-state index in [4.69, 9.17) is 33.7 Å². The first-order chi connectivity index (χ1) is 14.8. The van der Waals surface area contributed by atoms with E-state index < -0.39 is 5.91 Å². The topological polar surface area (TPSA) is 105 Å². The van der Waals surface area contributed by atoms with Gasteiger partial charge in [0.25, 0.3) is 5.91 Å². The summed E-state index contributed by atoms with van der Waals surface area (Å²) in [7, 11) is 1.39. The minimum Gasteiger partial charge on any atom is -0.505 e. The Morgan fingerprint density at radius 1 is 1.26 bits per heavy atom. The molecule has 0 bridgehead atoms. The van der Waals surface area contributed by atoms with Gasteiger partial charge >= 0.3 is 0 Å². The number of primary amides is 1. The molecule has 4 N–H and O–H groups in total. The average Bonchev–Trinajstić information content (AvgIpc) is 3.23. The van der Waals surface area contributed by atoms with Crippen molar-refractivity contribution in [2.24, 2.45) is 5.73 Å². The fourth-order valence-electron chi connectivity index (χ4n) is 3.45. The molecule has 0 spiro atoms. The molecule has 1 heterocycles. The Labute approximate surface area is 192 Å². The quantitative estimate of drug-likeness (QED) is 0.600. The SMILES string of the molecule is CCN1CCC[C@H]1CNC(=O)c1c(O)c(Cl)cc(Cl)c1OC.NC(=O)c1ccccc1. The first-order valence-electron chi connectivity index (χ1n) is 9.92. The third-order valence-electron chi connectivity index (χ3n) is 5.05. The second-order valence-corrected chi connectivity index (χ2v) is 7.78. The molecule has 0 saturated carbocycles. The molecule has 1 aliphatic heterocycles. The number of nitrogens with one attached hydrogen (secondary N) is 1. The van der Waals surface area contributed by atoms with E-state index in [0.717, 1.165) is 25.9 Å². The Morgan fingerprint density at radius 2 is 1.94 bits per heavy atom. The van der Waals surface area contributed by atoms with Gasteiger partial charge in [-0.1, -0.05) is 48.3 Å². The summed E-state index contributed by atoms with van der Waals surface area (Å²) in [4.78, 5) is 25.2. The van der Waals surface area contributed by atoms with E-state index in [1.807, 2.05) is 6.07 Å². The lowest BCUT2D eigenvalue weighted by Gasteiger charge is -2.23. The van der Waals surface area contributed by atoms with E-state index in [1.54, 1.807) is 24.3 Å². The van der Waals surface area contributed by atoms with Gasteiger partial charge in [-0.05, 0) is 44.1 Å². The van der Waals surface area contributed by atoms with Crippen molar-refractivity contribution in [1.29, 1.82) is 0 Å². The second-order valence-electron chi connectivity index (χ2n) is 6.96. The van der Waals surface area contributed by atoms with Gasteiger partial charge in [0.15, 0.2) is 11.5 Å². The Bertz CT molecular complexity index is 909. The van der Waals surface area contributed by atoms with Gasteiger partial charge in [-0.2, -0.15) is 0 Å². The number of hydrogen-bond acceptors (Lipinski definition) is 5. The predicted octanol–water partition coefficient (Wildman–Crippen LogP) is 3.71. The number of ether oxygens (including phenoxy) is 1. The number of rotatable bonds is 6. The number of benzene rings is 2. The molecule has 7 nitrogen and oxygen atoms in total. The number of halogens is 2. The number of hydrogen-bond donors (Lipinski definition) is 3. The molecule has 1 saturated heterocycles. The molecular formula is C22H27Cl2N3O4. The summed E-state index contributed by atoms with van der Waals surface area (Å²) in [6.07, 6.45) is 2.18. The molecule has 2 aromatic carbocycles. The zero-order valence-corrected chi connectivity index (χ0v) is 19.0. The molecule has 2 aromatic rings. The van der Waals surface area contributed by atoms with Crippen LogP contribution in [0.15, 0.2) is 36.4 Å². The maximum atomic E-state index is 12.4. The number of carbonyl (C=O) groups excluding carboxylic acids is 2. The Hall–Kier alpha value is -2.48. The molecule has 9 heteroatoms. The van der Waals surface area contributed by atoms with Crippen LogP contribution in [-0.4, -0.2) is 54.6 Å². The summed E-state index contributed by atoms with van der Waals surface area (Å²) in [6, 6.07) is 10.4. The smallest absolute Gasteiger partial charge is 0.259 e. The molecule has 3 rings (SSSR count). The van der Waals surface area contributed by atoms with Crippen molar-refractivity contribution in [2.75, 3.05) is 26.7 Å². The molecule has 1 fully saturated rings. The standard InChI is InChI=1S/C15H20Cl2N2O3.C7H7NO/c1-3-19-6-4-5-9(19)8-18-15(21)12-13(20)10(16)7-11(17)14(12)22-2;8-7(9)6-4-2-1-3-5-6/h7,9,20H,3-6,8H2,1-2H3,(H,18,21);1-5H,(H2,8,9)/t9-;/m0./s1. The summed E-state index contributed by atoms with van der Waals surface area (Å²) in [5, 5.41) is 13.1. The van der Waals surface area contributed by atoms with Crippen LogP contribution in [0.3, 0.4) is 0 Å². The van der Waals surface area contributed by atoms with Crippen LogP contribution in [0.4, 0.5) is 0 Å². The van der Waals surface area contributed by atoms with Gasteiger partial charge in [0.05, 0.1) is 17.2 Å². The molecule has 31 heavy (non-hydrogen) atoms. The van der Waals surface area contributed by atoms with Crippen LogP contribution in [0.1, 0.15) is 40.5 Å². The van der Waals surface area contributed by atoms with Crippen LogP contribution in [-0.2, 0) is 0 Å². The number of phenols is 1. The third-order valence-corrected chi connectivity index (χ3v) is 5.62. The van der Waals surface area contributed by atoms with Crippen molar-refractivity contribution in [2.45, 2.75) is 25.8 Å². The van der Waals surface area contributed by atoms with Gasteiger partial charge in [-0.25, -0.2) is 0 Å². The summed E-state index contributed by atoms with van der Waals surface area (Å²) in [6.45, 7) is 4.62. The largest absolute Gasteiger partial charge is 0.505 e. The van der Waals surface area contributed by atoms with E-state index in [0.29, 0.717) is 18.2 Å². The van der Waals surface area contributed by atoms with E-state index in [1.165, 1.54) is 13.2 Å². The van der Waals surface area contributed by atoms with Crippen molar-refractivity contribution < 1.29 is 19.4 Å². The van der Waals surface area contributed by atoms with Crippen LogP contribution >= 0.6 is 23.2 Å². The molecule has 0 aromatic heterocycles. The first-order valence-corrected chi connectivity index (χ1v) is 10.7. The molecular weight excluding hydrogens is 441 g/mol. The zero-order chi connectivity index (χ0) is 23.0. The monoisotopic (exact) mass is 467 g/mol. The highest BCUT2D eigenvalue weighted by atomic mass is 35.5. The molecule has 0 radical (unpaired) electrons. The normalized spacial score (nSPS) is 15.7. The summed E-state index contributed by atoms with van der Waals surface area (Å²) < 4.78 is 5.13. The maximum Gasteiger partial charge on any atom is 0.259 e. The van der Waals surface area contributed by atoms with Crippen molar-refractivity contribution in [3.63, 3.8) is 0 Å². The second kappa shape index (κ2) is 11.8. The number of carbonyl (C=O) groups is 2. The first kappa shape index (κ1) is 24.8. The number of phenolic OH excluding ortho intramolecular Hbond substituents is 1. The summed E-state index contributed by atoms with van der Waals surface area (Å²) >= 11 is 11.9. The van der Waals surface area contributed by atoms with Gasteiger partial charge < -0.3 is 20.9 Å². The van der Waals surface area contributed by atoms with Crippen molar-refractivity contribution in [3.05, 3.63) is 57.6 Å². The Morgan fingerprint density at radius 3 is 2.48 bits per heavy atom. The van der Waals surface area contributed by atoms with Crippen molar-refractivity contribution in [1.82, 2.24) is 10.2 Å². The van der Waals surface area contributed by atoms with Crippen LogP contribution in [0.2, 0.25) is 10.0 Å². The number of likely N-dealkylation sites (tertiary alicyclic amines) is 1. The molecule has 168 valence electrons. The summed E-state index contributed by atoms with van der Waals surface area (Å²) in [5.41, 5.74) is 5.50. The lowest BCUT2D eigenvalue weighted by molar-refractivity contribution is 0.0934. The maximum absolute atomic E-state index is 12.4. The van der Waals surface area contributed by atoms with E-state index in [2.05, 4.69) is 17.1 Å². The fourth-order valence-corrected chi connectivity index (χ4v) is 3.99. The number of nitrogens with zero attached hydrogens (tertiary/aromatic N) is 1. The highest BCUT2D eigenvalue weighted by Crippen LogP contribution is 2.40. The van der Waals surface area contributed by atoms with Crippen LogP contribution in [0, 0.1) is 0 Å². The van der Waals surface area contributed by atoms with Crippen LogP contribution < -0.4 is 15.8 Å². The van der Waals surface area contributed by atoms with Gasteiger partial charge in [0, 0.05) is 18.2 Å². The average molecular weight is 468 g/mol. The Kier molecular flexibility index (Phi) is 9.43. The van der Waals surface area contributed by atoms with E-state index in [-0.39, 0.29) is 33.0 Å². The lowest BCUT2D eigenvalue weighted by atomic mass is 10.1. The van der Waals surface area contributed by atoms with Gasteiger partial charge in [0.1, 0.15) is 5.56 Å². The summed E-state index contributed by atoms with van der Waals surface area (Å²) in [5.74, 6) is -1.02. The number of amides is 2. The van der Waals surface area contributed by atoms with E-state index in [9.17, 15) is 14.7 Å². The van der Waals surface area contributed by atoms with Gasteiger partial charge in [0.2, 0.25) is 5.91 Å². The zero-order valence-electron chi connectivity index (χ0n) is 17.5. The fraction of sp³-hybridized carbons (Fsp3) is 0.364. The van der Waals surface area contributed by atoms with E-state index >= 15 is 0 Å². The van der Waals surface area contributed by atoms with Crippen LogP contribution in [0.25, 0.3) is 0 Å². The molecule has 0 unspecified atom stereocenters. The highest BCUT2D eigenvalue weighted by Gasteiger charge is 2.26. The Balaban J connectivity index is 0.000000316. The predicted molar refractivity (Wildman–Crippen MR) is 122 cm³/mol. The van der Waals surface area contributed by atoms with Gasteiger partial charge in [-0.15, -0.1) is 0 Å². The number of aromatic hydroxyl groups is 1. The third kappa shape index (κ3) is 6.50. The number of likely N-dealkylation sites (N-methyl/N-ethyl adjacent to an activating group) is 1. The molecule has 0 aliphatic carbocycles. The number of nitrogens with two attached hydrogens (primary N) is 1. The van der Waals surface area contributed by atoms with Crippen molar-refractivity contribution in [3.8, 4) is 11.5 Å². The highest BCUT2D eigenvalue weighted by molar-refractivity contribution is 6.37. The number of methoxy groups -OCH3 is 1. The van der Waals surface area contributed by atoms with Gasteiger partial charge in [-0.3, -0.25) is 14.5 Å². The molecule has 1 aliphatic rings. The lowest BCUT2D eigenvalue weighted by Crippen LogP contribution is -2.40.